The lowest BCUT2D eigenvalue weighted by Gasteiger charge is -2.38. The Balaban J connectivity index is 1.74. The van der Waals surface area contributed by atoms with Gasteiger partial charge in [0, 0.05) is 29.6 Å². The number of halogens is 3. The average molecular weight is 489 g/mol. The maximum Gasteiger partial charge on any atom is 0.418 e. The molecule has 0 amide bonds. The first-order chi connectivity index (χ1) is 15.9. The molecule has 0 radical (unpaired) electrons. The molecule has 0 saturated carbocycles. The number of phenolic OH excluding ortho intramolecular Hbond substituents is 1. The maximum absolute atomic E-state index is 14.3. The van der Waals surface area contributed by atoms with Gasteiger partial charge in [0.2, 0.25) is 0 Å². The highest BCUT2D eigenvalue weighted by Crippen LogP contribution is 2.45. The lowest BCUT2D eigenvalue weighted by molar-refractivity contribution is -0.271. The van der Waals surface area contributed by atoms with Gasteiger partial charge in [-0.15, -0.1) is 11.3 Å². The molecule has 0 saturated heterocycles. The molecule has 3 aromatic heterocycles. The number of aliphatic hydroxyl groups is 1. The van der Waals surface area contributed by atoms with Crippen molar-refractivity contribution in [2.75, 3.05) is 0 Å². The van der Waals surface area contributed by atoms with E-state index in [9.17, 15) is 28.2 Å². The Labute approximate surface area is 197 Å². The van der Waals surface area contributed by atoms with Crippen molar-refractivity contribution in [1.82, 2.24) is 9.55 Å². The van der Waals surface area contributed by atoms with E-state index in [1.807, 2.05) is 0 Å². The zero-order valence-electron chi connectivity index (χ0n) is 18.5. The molecule has 0 aliphatic rings. The third kappa shape index (κ3) is 4.45. The Bertz CT molecular complexity index is 1380. The summed E-state index contributed by atoms with van der Waals surface area (Å²) in [6, 6.07) is 12.7. The molecule has 0 aliphatic heterocycles. The summed E-state index contributed by atoms with van der Waals surface area (Å²) in [6.07, 6.45) is -2.82. The highest BCUT2D eigenvalue weighted by atomic mass is 32.1. The molecule has 1 atom stereocenters. The zero-order valence-corrected chi connectivity index (χ0v) is 19.3. The molecule has 4 aromatic rings. The van der Waals surface area contributed by atoms with Crippen LogP contribution in [-0.2, 0) is 12.0 Å². The summed E-state index contributed by atoms with van der Waals surface area (Å²) in [5.74, 6) is -0.169. The average Bonchev–Trinajstić information content (AvgIpc) is 3.27. The number of hydrogen-bond donors (Lipinski definition) is 2. The van der Waals surface area contributed by atoms with E-state index in [-0.39, 0.29) is 16.7 Å². The molecule has 3 heterocycles. The van der Waals surface area contributed by atoms with Crippen LogP contribution in [0.1, 0.15) is 25.8 Å². The van der Waals surface area contributed by atoms with Gasteiger partial charge in [0.1, 0.15) is 5.75 Å². The van der Waals surface area contributed by atoms with Crippen LogP contribution in [0, 0.1) is 0 Å². The highest BCUT2D eigenvalue weighted by Gasteiger charge is 2.56. The minimum Gasteiger partial charge on any atom is -0.508 e. The second kappa shape index (κ2) is 8.56. The molecule has 34 heavy (non-hydrogen) atoms. The zero-order chi connectivity index (χ0) is 24.7. The molecule has 178 valence electrons. The topological polar surface area (TPSA) is 75.4 Å². The molecule has 1 unspecified atom stereocenters. The van der Waals surface area contributed by atoms with Crippen LogP contribution in [-0.4, -0.2) is 31.5 Å². The Kier molecular flexibility index (Phi) is 6.03. The van der Waals surface area contributed by atoms with Crippen LogP contribution in [0.25, 0.3) is 21.5 Å². The lowest BCUT2D eigenvalue weighted by Crippen LogP contribution is -2.52. The van der Waals surface area contributed by atoms with Crippen molar-refractivity contribution in [1.29, 1.82) is 0 Å². The molecule has 0 bridgehead atoms. The van der Waals surface area contributed by atoms with Gasteiger partial charge in [0.25, 0.3) is 0 Å². The highest BCUT2D eigenvalue weighted by molar-refractivity contribution is 7.17. The van der Waals surface area contributed by atoms with E-state index >= 15 is 0 Å². The van der Waals surface area contributed by atoms with Gasteiger partial charge < -0.3 is 14.8 Å². The van der Waals surface area contributed by atoms with Crippen LogP contribution in [0.2, 0.25) is 0 Å². The van der Waals surface area contributed by atoms with E-state index in [1.165, 1.54) is 22.9 Å². The molecule has 0 spiro atoms. The first kappa shape index (κ1) is 24.0. The fourth-order valence-electron chi connectivity index (χ4n) is 4.29. The molecular weight excluding hydrogens is 465 g/mol. The van der Waals surface area contributed by atoms with Gasteiger partial charge in [0.05, 0.1) is 22.5 Å². The van der Waals surface area contributed by atoms with Crippen LogP contribution >= 0.6 is 11.3 Å². The summed E-state index contributed by atoms with van der Waals surface area (Å²) in [6.45, 7) is 2.30. The summed E-state index contributed by atoms with van der Waals surface area (Å²) in [4.78, 5) is 16.3. The smallest absolute Gasteiger partial charge is 0.418 e. The maximum atomic E-state index is 14.3. The quantitative estimate of drug-likeness (QED) is 0.376. The molecule has 2 N–H and O–H groups in total. The number of thiophene rings is 1. The number of hydrogen-bond acceptors (Lipinski definition) is 5. The van der Waals surface area contributed by atoms with Gasteiger partial charge in [-0.2, -0.15) is 13.2 Å². The molecule has 5 nitrogen and oxygen atoms in total. The molecule has 0 aliphatic carbocycles. The Morgan fingerprint density at radius 2 is 1.85 bits per heavy atom. The standard InChI is InChI=1S/C25H23F3N2O3S/c1-23(2,17-13-16(6-7-20(17)31)18-5-3-4-10-29-18)14-24(33,25(26,27)28)15-30-11-8-21(32)22-19(30)9-12-34-22/h3-13,31,33H,14-15H2,1-2H3. The number of aromatic nitrogens is 2. The van der Waals surface area contributed by atoms with Crippen LogP contribution in [0.3, 0.4) is 0 Å². The second-order valence-electron chi connectivity index (χ2n) is 8.98. The van der Waals surface area contributed by atoms with Gasteiger partial charge >= 0.3 is 6.18 Å². The van der Waals surface area contributed by atoms with Crippen LogP contribution in [0.15, 0.2) is 71.1 Å². The third-order valence-corrected chi connectivity index (χ3v) is 6.88. The van der Waals surface area contributed by atoms with E-state index in [1.54, 1.807) is 61.8 Å². The number of rotatable bonds is 6. The van der Waals surface area contributed by atoms with E-state index in [0.29, 0.717) is 21.5 Å². The van der Waals surface area contributed by atoms with Gasteiger partial charge in [-0.3, -0.25) is 9.78 Å². The summed E-state index contributed by atoms with van der Waals surface area (Å²) in [5, 5.41) is 23.2. The summed E-state index contributed by atoms with van der Waals surface area (Å²) < 4.78 is 44.5. The van der Waals surface area contributed by atoms with Crippen molar-refractivity contribution in [3.63, 3.8) is 0 Å². The number of nitrogens with zero attached hydrogens (tertiary/aromatic N) is 2. The van der Waals surface area contributed by atoms with Crippen LogP contribution in [0.5, 0.6) is 5.75 Å². The minimum atomic E-state index is -4.97. The number of aromatic hydroxyl groups is 1. The summed E-state index contributed by atoms with van der Waals surface area (Å²) >= 11 is 1.14. The number of phenols is 1. The van der Waals surface area contributed by atoms with Gasteiger partial charge in [-0.25, -0.2) is 0 Å². The van der Waals surface area contributed by atoms with E-state index < -0.39 is 30.2 Å². The van der Waals surface area contributed by atoms with E-state index in [0.717, 1.165) is 11.3 Å². The van der Waals surface area contributed by atoms with Crippen LogP contribution in [0.4, 0.5) is 13.2 Å². The van der Waals surface area contributed by atoms with Gasteiger partial charge in [-0.05, 0) is 53.6 Å². The summed E-state index contributed by atoms with van der Waals surface area (Å²) in [7, 11) is 0. The molecule has 1 aromatic carbocycles. The van der Waals surface area contributed by atoms with Crippen molar-refractivity contribution < 1.29 is 23.4 Å². The van der Waals surface area contributed by atoms with E-state index in [4.69, 9.17) is 0 Å². The number of alkyl halides is 3. The first-order valence-electron chi connectivity index (χ1n) is 10.5. The monoisotopic (exact) mass is 488 g/mol. The fraction of sp³-hybridized carbons (Fsp3) is 0.280. The van der Waals surface area contributed by atoms with Crippen molar-refractivity contribution >= 4 is 21.6 Å². The molecular formula is C25H23F3N2O3S. The SMILES string of the molecule is CC(C)(CC(O)(Cn1ccc(=O)c2sccc21)C(F)(F)F)c1cc(-c2ccccn2)ccc1O. The number of fused-ring (bicyclic) bond motifs is 1. The summed E-state index contributed by atoms with van der Waals surface area (Å²) in [5.41, 5.74) is -2.85. The van der Waals surface area contributed by atoms with Crippen molar-refractivity contribution in [3.05, 3.63) is 82.1 Å². The predicted molar refractivity (Wildman–Crippen MR) is 126 cm³/mol. The lowest BCUT2D eigenvalue weighted by atomic mass is 9.74. The van der Waals surface area contributed by atoms with Crippen molar-refractivity contribution in [3.8, 4) is 17.0 Å². The van der Waals surface area contributed by atoms with Gasteiger partial charge in [0.15, 0.2) is 11.0 Å². The molecule has 0 fully saturated rings. The Hall–Kier alpha value is -3.17. The van der Waals surface area contributed by atoms with E-state index in [2.05, 4.69) is 4.98 Å². The number of benzene rings is 1. The third-order valence-electron chi connectivity index (χ3n) is 5.96. The Morgan fingerprint density at radius 3 is 2.53 bits per heavy atom. The number of pyridine rings is 2. The molecule has 9 heteroatoms. The predicted octanol–water partition coefficient (Wildman–Crippen LogP) is 5.49. The Morgan fingerprint density at radius 1 is 1.09 bits per heavy atom. The normalized spacial score (nSPS) is 14.3. The van der Waals surface area contributed by atoms with Gasteiger partial charge in [-0.1, -0.05) is 19.9 Å². The van der Waals surface area contributed by atoms with Crippen LogP contribution < -0.4 is 5.43 Å². The molecule has 4 rings (SSSR count). The van der Waals surface area contributed by atoms with Crippen molar-refractivity contribution in [2.45, 2.75) is 44.0 Å². The van der Waals surface area contributed by atoms with Crippen molar-refractivity contribution in [2.24, 2.45) is 0 Å². The minimum absolute atomic E-state index is 0.169. The fourth-order valence-corrected chi connectivity index (χ4v) is 5.11. The first-order valence-corrected chi connectivity index (χ1v) is 11.4. The largest absolute Gasteiger partial charge is 0.508 e. The second-order valence-corrected chi connectivity index (χ2v) is 9.90.